The molecule has 122 valence electrons. The standard InChI is InChI=1S/C14H13FN2O5S/c1-22-13-8-11(17(18)19)6-7-14(13)23(20,21)16-9-10-4-2-3-5-12(10)15/h2-8,16H,9H2,1H3. The topological polar surface area (TPSA) is 98.5 Å². The smallest absolute Gasteiger partial charge is 0.273 e. The molecule has 2 aromatic carbocycles. The summed E-state index contributed by atoms with van der Waals surface area (Å²) in [5, 5.41) is 10.7. The number of methoxy groups -OCH3 is 1. The minimum Gasteiger partial charge on any atom is -0.495 e. The SMILES string of the molecule is COc1cc([N+](=O)[O-])ccc1S(=O)(=O)NCc1ccccc1F. The zero-order valence-electron chi connectivity index (χ0n) is 12.0. The Labute approximate surface area is 131 Å². The third-order valence-corrected chi connectivity index (χ3v) is 4.50. The second kappa shape index (κ2) is 6.71. The van der Waals surface area contributed by atoms with Crippen LogP contribution in [-0.4, -0.2) is 20.5 Å². The first-order valence-corrected chi connectivity index (χ1v) is 7.89. The van der Waals surface area contributed by atoms with Gasteiger partial charge in [-0.15, -0.1) is 0 Å². The van der Waals surface area contributed by atoms with Crippen LogP contribution in [0.15, 0.2) is 47.4 Å². The van der Waals surface area contributed by atoms with E-state index in [0.29, 0.717) is 0 Å². The highest BCUT2D eigenvalue weighted by Gasteiger charge is 2.22. The van der Waals surface area contributed by atoms with Crippen LogP contribution in [0.25, 0.3) is 0 Å². The highest BCUT2D eigenvalue weighted by atomic mass is 32.2. The molecule has 0 aromatic heterocycles. The Hall–Kier alpha value is -2.52. The maximum atomic E-state index is 13.5. The van der Waals surface area contributed by atoms with Gasteiger partial charge in [0.05, 0.1) is 18.1 Å². The third kappa shape index (κ3) is 3.82. The van der Waals surface area contributed by atoms with Gasteiger partial charge in [-0.25, -0.2) is 17.5 Å². The van der Waals surface area contributed by atoms with Crippen molar-refractivity contribution in [1.29, 1.82) is 0 Å². The Morgan fingerprint density at radius 2 is 1.96 bits per heavy atom. The molecule has 0 fully saturated rings. The number of nitro groups is 1. The van der Waals surface area contributed by atoms with Gasteiger partial charge in [-0.3, -0.25) is 10.1 Å². The summed E-state index contributed by atoms with van der Waals surface area (Å²) < 4.78 is 45.2. The van der Waals surface area contributed by atoms with Gasteiger partial charge in [-0.05, 0) is 12.1 Å². The summed E-state index contributed by atoms with van der Waals surface area (Å²) in [5.74, 6) is -0.703. The fraction of sp³-hybridized carbons (Fsp3) is 0.143. The fourth-order valence-corrected chi connectivity index (χ4v) is 3.04. The number of hydrogen-bond acceptors (Lipinski definition) is 5. The molecular weight excluding hydrogens is 327 g/mol. The van der Waals surface area contributed by atoms with Crippen LogP contribution >= 0.6 is 0 Å². The van der Waals surface area contributed by atoms with E-state index in [1.54, 1.807) is 6.07 Å². The number of nitrogens with zero attached hydrogens (tertiary/aromatic N) is 1. The van der Waals surface area contributed by atoms with E-state index in [9.17, 15) is 22.9 Å². The van der Waals surface area contributed by atoms with Gasteiger partial charge in [0.25, 0.3) is 5.69 Å². The third-order valence-electron chi connectivity index (χ3n) is 3.06. The maximum Gasteiger partial charge on any atom is 0.273 e. The Morgan fingerprint density at radius 1 is 1.26 bits per heavy atom. The zero-order chi connectivity index (χ0) is 17.0. The van der Waals surface area contributed by atoms with Crippen molar-refractivity contribution in [2.24, 2.45) is 0 Å². The molecule has 0 atom stereocenters. The molecule has 0 radical (unpaired) electrons. The molecule has 0 heterocycles. The van der Waals surface area contributed by atoms with Gasteiger partial charge in [-0.1, -0.05) is 18.2 Å². The number of sulfonamides is 1. The maximum absolute atomic E-state index is 13.5. The second-order valence-electron chi connectivity index (χ2n) is 4.51. The predicted molar refractivity (Wildman–Crippen MR) is 80.1 cm³/mol. The zero-order valence-corrected chi connectivity index (χ0v) is 12.8. The molecule has 7 nitrogen and oxygen atoms in total. The molecule has 0 amide bonds. The van der Waals surface area contributed by atoms with Gasteiger partial charge in [0.1, 0.15) is 16.5 Å². The first-order valence-electron chi connectivity index (χ1n) is 6.40. The molecule has 0 aliphatic carbocycles. The molecule has 23 heavy (non-hydrogen) atoms. The summed E-state index contributed by atoms with van der Waals surface area (Å²) in [5.41, 5.74) is -0.119. The van der Waals surface area contributed by atoms with Gasteiger partial charge < -0.3 is 4.74 Å². The molecule has 1 N–H and O–H groups in total. The largest absolute Gasteiger partial charge is 0.495 e. The predicted octanol–water partition coefficient (Wildman–Crippen LogP) is 2.22. The van der Waals surface area contributed by atoms with Crippen molar-refractivity contribution in [3.63, 3.8) is 0 Å². The summed E-state index contributed by atoms with van der Waals surface area (Å²) in [4.78, 5) is 9.80. The number of ether oxygens (including phenoxy) is 1. The summed E-state index contributed by atoms with van der Waals surface area (Å²) in [7, 11) is -2.82. The molecule has 0 saturated heterocycles. The molecule has 9 heteroatoms. The van der Waals surface area contributed by atoms with Crippen LogP contribution < -0.4 is 9.46 Å². The van der Waals surface area contributed by atoms with Crippen LogP contribution in [0.1, 0.15) is 5.56 Å². The highest BCUT2D eigenvalue weighted by Crippen LogP contribution is 2.28. The lowest BCUT2D eigenvalue weighted by Gasteiger charge is -2.11. The Bertz CT molecular complexity index is 839. The molecule has 0 aliphatic heterocycles. The van der Waals surface area contributed by atoms with E-state index in [2.05, 4.69) is 4.72 Å². The van der Waals surface area contributed by atoms with Gasteiger partial charge in [0.2, 0.25) is 10.0 Å². The number of hydrogen-bond donors (Lipinski definition) is 1. The fourth-order valence-electron chi connectivity index (χ4n) is 1.88. The van der Waals surface area contributed by atoms with Gasteiger partial charge in [-0.2, -0.15) is 0 Å². The number of non-ortho nitro benzene ring substituents is 1. The highest BCUT2D eigenvalue weighted by molar-refractivity contribution is 7.89. The van der Waals surface area contributed by atoms with Crippen molar-refractivity contribution >= 4 is 15.7 Å². The van der Waals surface area contributed by atoms with E-state index in [0.717, 1.165) is 18.2 Å². The number of nitrogens with one attached hydrogen (secondary N) is 1. The number of rotatable bonds is 6. The van der Waals surface area contributed by atoms with Gasteiger partial charge in [0.15, 0.2) is 0 Å². The monoisotopic (exact) mass is 340 g/mol. The summed E-state index contributed by atoms with van der Waals surface area (Å²) in [6.45, 7) is -0.255. The molecule has 0 spiro atoms. The molecule has 0 unspecified atom stereocenters. The normalized spacial score (nSPS) is 11.2. The van der Waals surface area contributed by atoms with Crippen molar-refractivity contribution < 1.29 is 22.5 Å². The van der Waals surface area contributed by atoms with Gasteiger partial charge >= 0.3 is 0 Å². The Morgan fingerprint density at radius 3 is 2.57 bits per heavy atom. The van der Waals surface area contributed by atoms with E-state index in [4.69, 9.17) is 4.74 Å². The van der Waals surface area contributed by atoms with Crippen molar-refractivity contribution in [1.82, 2.24) is 4.72 Å². The summed E-state index contributed by atoms with van der Waals surface area (Å²) >= 11 is 0. The van der Waals surface area contributed by atoms with Crippen LogP contribution in [0.3, 0.4) is 0 Å². The van der Waals surface area contributed by atoms with E-state index in [1.165, 1.54) is 25.3 Å². The average molecular weight is 340 g/mol. The van der Waals surface area contributed by atoms with Crippen LogP contribution in [0, 0.1) is 15.9 Å². The second-order valence-corrected chi connectivity index (χ2v) is 6.24. The molecule has 0 bridgehead atoms. The van der Waals surface area contributed by atoms with Crippen LogP contribution in [0.5, 0.6) is 5.75 Å². The van der Waals surface area contributed by atoms with Gasteiger partial charge in [0, 0.05) is 18.2 Å². The molecule has 0 saturated carbocycles. The summed E-state index contributed by atoms with van der Waals surface area (Å²) in [6, 6.07) is 8.88. The number of nitro benzene ring substituents is 1. The molecule has 2 aromatic rings. The van der Waals surface area contributed by atoms with E-state index >= 15 is 0 Å². The van der Waals surface area contributed by atoms with E-state index in [-0.39, 0.29) is 28.4 Å². The number of halogens is 1. The summed E-state index contributed by atoms with van der Waals surface area (Å²) in [6.07, 6.45) is 0. The van der Waals surface area contributed by atoms with E-state index in [1.807, 2.05) is 0 Å². The van der Waals surface area contributed by atoms with Crippen molar-refractivity contribution in [2.75, 3.05) is 7.11 Å². The molecule has 0 aliphatic rings. The van der Waals surface area contributed by atoms with E-state index < -0.39 is 20.8 Å². The first-order chi connectivity index (χ1) is 10.8. The van der Waals surface area contributed by atoms with Crippen molar-refractivity contribution in [2.45, 2.75) is 11.4 Å². The molecule has 2 rings (SSSR count). The van der Waals surface area contributed by atoms with Crippen LogP contribution in [0.2, 0.25) is 0 Å². The lowest BCUT2D eigenvalue weighted by atomic mass is 10.2. The minimum absolute atomic E-state index is 0.166. The Kier molecular flexibility index (Phi) is 4.92. The Balaban J connectivity index is 2.29. The quantitative estimate of drug-likeness (QED) is 0.642. The number of benzene rings is 2. The average Bonchev–Trinajstić information content (AvgIpc) is 2.53. The lowest BCUT2D eigenvalue weighted by molar-refractivity contribution is -0.385. The minimum atomic E-state index is -4.02. The van der Waals surface area contributed by atoms with Crippen molar-refractivity contribution in [3.05, 3.63) is 64.0 Å². The van der Waals surface area contributed by atoms with Crippen molar-refractivity contribution in [3.8, 4) is 5.75 Å². The van der Waals surface area contributed by atoms with Crippen LogP contribution in [-0.2, 0) is 16.6 Å². The lowest BCUT2D eigenvalue weighted by Crippen LogP contribution is -2.24. The van der Waals surface area contributed by atoms with Crippen LogP contribution in [0.4, 0.5) is 10.1 Å². The molecular formula is C14H13FN2O5S. The first kappa shape index (κ1) is 16.8.